The number of aliphatic hydroxyl groups excluding tert-OH is 3. The highest BCUT2D eigenvalue weighted by Gasteiger charge is 2.49. The zero-order valence-corrected chi connectivity index (χ0v) is 37.4. The van der Waals surface area contributed by atoms with Crippen molar-refractivity contribution in [1.29, 1.82) is 0 Å². The van der Waals surface area contributed by atoms with Crippen molar-refractivity contribution < 1.29 is 86.3 Å². The number of carbonyl (C=O) groups is 4. The maximum absolute atomic E-state index is 14.0. The van der Waals surface area contributed by atoms with Crippen LogP contribution < -0.4 is 30.4 Å². The lowest BCUT2D eigenvalue weighted by Gasteiger charge is -2.38. The first-order valence-corrected chi connectivity index (χ1v) is 23.1. The Kier molecular flexibility index (Phi) is 13.4. The van der Waals surface area contributed by atoms with Crippen LogP contribution in [0.1, 0.15) is 41.2 Å². The van der Waals surface area contributed by atoms with Crippen LogP contribution in [0.5, 0.6) is 17.2 Å². The highest BCUT2D eigenvalue weighted by Crippen LogP contribution is 2.43. The lowest BCUT2D eigenvalue weighted by Crippen LogP contribution is -2.61. The number of benzene rings is 2. The summed E-state index contributed by atoms with van der Waals surface area (Å²) in [6, 6.07) is 8.95. The van der Waals surface area contributed by atoms with Crippen molar-refractivity contribution in [3.05, 3.63) is 74.6 Å². The summed E-state index contributed by atoms with van der Waals surface area (Å²) in [7, 11) is -2.11. The second-order valence-electron chi connectivity index (χ2n) is 16.4. The molecule has 1 saturated heterocycles. The number of nitrogens with zero attached hydrogens (tertiary/aromatic N) is 3. The van der Waals surface area contributed by atoms with E-state index in [4.69, 9.17) is 38.1 Å². The minimum absolute atomic E-state index is 0.00854. The molecular weight excluding hydrogens is 923 g/mol. The summed E-state index contributed by atoms with van der Waals surface area (Å²) >= 11 is 0. The normalized spacial score (nSPS) is 22.5. The molecule has 68 heavy (non-hydrogen) atoms. The molecule has 1 fully saturated rings. The van der Waals surface area contributed by atoms with Gasteiger partial charge >= 0.3 is 18.0 Å². The van der Waals surface area contributed by atoms with E-state index >= 15 is 0 Å². The number of aliphatic hydroxyl groups is 4. The van der Waals surface area contributed by atoms with Crippen LogP contribution in [-0.2, 0) is 75.1 Å². The Morgan fingerprint density at radius 1 is 1.00 bits per heavy atom. The summed E-state index contributed by atoms with van der Waals surface area (Å²) in [5, 5.41) is 57.5. The van der Waals surface area contributed by atoms with Crippen molar-refractivity contribution in [3.8, 4) is 28.6 Å². The number of likely N-dealkylation sites (N-methyl/N-ethyl adjacent to an activating group) is 1. The number of carboxylic acids is 1. The number of carbonyl (C=O) groups excluding carboxylic acids is 3. The molecule has 25 heteroatoms. The van der Waals surface area contributed by atoms with Crippen molar-refractivity contribution in [3.63, 3.8) is 0 Å². The molecule has 7 N–H and O–H groups in total. The van der Waals surface area contributed by atoms with E-state index in [1.165, 1.54) is 29.8 Å². The fraction of sp³-hybridized carbons (Fsp3) is 0.442. The number of amides is 2. The topological polar surface area (TPSA) is 330 Å². The van der Waals surface area contributed by atoms with Gasteiger partial charge in [-0.1, -0.05) is 13.0 Å². The van der Waals surface area contributed by atoms with Gasteiger partial charge in [0.25, 0.3) is 5.56 Å². The van der Waals surface area contributed by atoms with Gasteiger partial charge in [0.05, 0.1) is 53.6 Å². The third-order valence-corrected chi connectivity index (χ3v) is 12.8. The first-order valence-electron chi connectivity index (χ1n) is 21.1. The number of pyridine rings is 2. The number of rotatable bonds is 16. The highest BCUT2D eigenvalue weighted by atomic mass is 32.2. The van der Waals surface area contributed by atoms with E-state index in [-0.39, 0.29) is 74.2 Å². The minimum Gasteiger partial charge on any atom is -0.479 e. The van der Waals surface area contributed by atoms with E-state index in [9.17, 15) is 57.9 Å². The van der Waals surface area contributed by atoms with Crippen molar-refractivity contribution in [2.75, 3.05) is 51.0 Å². The molecule has 4 aliphatic rings. The number of esters is 1. The monoisotopic (exact) mass is 969 g/mol. The van der Waals surface area contributed by atoms with Gasteiger partial charge in [-0.25, -0.2) is 27.8 Å². The van der Waals surface area contributed by atoms with E-state index in [0.717, 1.165) is 11.2 Å². The van der Waals surface area contributed by atoms with Gasteiger partial charge in [-0.3, -0.25) is 14.5 Å². The fourth-order valence-corrected chi connectivity index (χ4v) is 8.74. The van der Waals surface area contributed by atoms with E-state index in [1.807, 2.05) is 0 Å². The van der Waals surface area contributed by atoms with Gasteiger partial charge < -0.3 is 73.9 Å². The van der Waals surface area contributed by atoms with E-state index in [2.05, 4.69) is 10.6 Å². The molecule has 24 nitrogen and oxygen atoms in total. The number of sulfone groups is 1. The zero-order chi connectivity index (χ0) is 48.8. The van der Waals surface area contributed by atoms with Crippen molar-refractivity contribution in [2.24, 2.45) is 0 Å². The van der Waals surface area contributed by atoms with E-state index < -0.39 is 94.7 Å². The van der Waals surface area contributed by atoms with Crippen LogP contribution in [0.4, 0.5) is 10.5 Å². The van der Waals surface area contributed by atoms with Gasteiger partial charge in [-0.2, -0.15) is 0 Å². The average Bonchev–Trinajstić information content (AvgIpc) is 3.92. The van der Waals surface area contributed by atoms with Crippen LogP contribution in [0.15, 0.2) is 41.2 Å². The van der Waals surface area contributed by atoms with Gasteiger partial charge in [-0.15, -0.1) is 0 Å². The van der Waals surface area contributed by atoms with Crippen LogP contribution in [0, 0.1) is 0 Å². The number of fused-ring (bicyclic) bond motifs is 6. The first-order chi connectivity index (χ1) is 32.3. The summed E-state index contributed by atoms with van der Waals surface area (Å²) < 4.78 is 65.2. The summed E-state index contributed by atoms with van der Waals surface area (Å²) in [6.07, 6.45) is -9.71. The molecule has 6 heterocycles. The number of aliphatic carboxylic acids is 1. The third kappa shape index (κ3) is 9.25. The number of ether oxygens (including phenoxy) is 7. The Balaban J connectivity index is 1.04. The van der Waals surface area contributed by atoms with Crippen LogP contribution >= 0.6 is 0 Å². The summed E-state index contributed by atoms with van der Waals surface area (Å²) in [5.41, 5.74) is 0.112. The maximum atomic E-state index is 14.0. The highest BCUT2D eigenvalue weighted by molar-refractivity contribution is 7.90. The van der Waals surface area contributed by atoms with E-state index in [0.29, 0.717) is 44.9 Å². The molecule has 0 aliphatic carbocycles. The number of nitrogens with one attached hydrogen (secondary N) is 2. The molecule has 0 radical (unpaired) electrons. The third-order valence-electron chi connectivity index (χ3n) is 11.9. The molecule has 0 saturated carbocycles. The van der Waals surface area contributed by atoms with Crippen molar-refractivity contribution in [1.82, 2.24) is 19.8 Å². The van der Waals surface area contributed by atoms with Gasteiger partial charge in [0.2, 0.25) is 19.0 Å². The Labute approximate surface area is 385 Å². The molecule has 2 aromatic carbocycles. The Morgan fingerprint density at radius 2 is 1.75 bits per heavy atom. The summed E-state index contributed by atoms with van der Waals surface area (Å²) in [6.45, 7) is -0.465. The Bertz CT molecular complexity index is 2870. The molecule has 2 amide bonds. The second kappa shape index (κ2) is 18.9. The number of cyclic esters (lactones) is 1. The molecule has 0 bridgehead atoms. The molecule has 364 valence electrons. The molecule has 6 atom stereocenters. The van der Waals surface area contributed by atoms with E-state index in [1.54, 1.807) is 25.1 Å². The smallest absolute Gasteiger partial charge is 0.411 e. The molecule has 4 aromatic rings. The van der Waals surface area contributed by atoms with Crippen molar-refractivity contribution >= 4 is 50.4 Å². The SMILES string of the molecule is CC[C@@]1(O)C(=O)OCc2c1cc1n(c2=O)Cc2c-1nc1cc3c(cc1c2COCN(CCS(C)(=O)=O)C(=O)OCc1ccc(O[C@@H]2OC(C(=O)O)[C@@H](O)C(O)C2O)c(NC(=O)CNC)c1)OCO3. The lowest BCUT2D eigenvalue weighted by atomic mass is 9.86. The number of hydrogen-bond donors (Lipinski definition) is 7. The molecule has 8 rings (SSSR count). The Hall–Kier alpha value is -6.45. The average molecular weight is 970 g/mol. The standard InChI is InChI=1S/C43H47N5O19S/c1-4-43(58)25-11-28-33-22(14-48(28)38(53)24(25)17-62-41(43)56)23(21-10-30-31(65-19-64-30)12-26(21)46-33)16-61-18-47(7-8-68(3,59)60)42(57)63-15-20-5-6-29(27(9-20)45-32(49)13-44-2)66-40-36(52)34(50)35(51)37(67-40)39(54)55/h5-6,9-12,34-37,40,44,50-52,58H,4,7-8,13-19H2,1-3H3,(H,45,49)(H,54,55)/t34?,35-,36?,37?,40+,43-/m0/s1. The van der Waals surface area contributed by atoms with Crippen LogP contribution in [0.3, 0.4) is 0 Å². The lowest BCUT2D eigenvalue weighted by molar-refractivity contribution is -0.271. The minimum atomic E-state index is -3.62. The quantitative estimate of drug-likeness (QED) is 0.0479. The predicted octanol–water partition coefficient (Wildman–Crippen LogP) is -0.605. The summed E-state index contributed by atoms with van der Waals surface area (Å²) in [4.78, 5) is 70.7. The Morgan fingerprint density at radius 3 is 2.46 bits per heavy atom. The maximum Gasteiger partial charge on any atom is 0.411 e. The number of carboxylic acid groups (broad SMARTS) is 1. The van der Waals surface area contributed by atoms with Crippen LogP contribution in [-0.4, -0.2) is 149 Å². The second-order valence-corrected chi connectivity index (χ2v) is 18.7. The molecular formula is C43H47N5O19S. The first kappa shape index (κ1) is 48.0. The fourth-order valence-electron chi connectivity index (χ4n) is 8.19. The van der Waals surface area contributed by atoms with Crippen LogP contribution in [0.2, 0.25) is 0 Å². The van der Waals surface area contributed by atoms with Crippen LogP contribution in [0.25, 0.3) is 22.3 Å². The molecule has 3 unspecified atom stereocenters. The molecule has 0 spiro atoms. The van der Waals surface area contributed by atoms with Gasteiger partial charge in [-0.05, 0) is 48.9 Å². The van der Waals surface area contributed by atoms with Gasteiger partial charge in [0.15, 0.2) is 23.2 Å². The predicted molar refractivity (Wildman–Crippen MR) is 231 cm³/mol. The number of hydrogen-bond acceptors (Lipinski definition) is 20. The number of aromatic nitrogens is 2. The van der Waals surface area contributed by atoms with Gasteiger partial charge in [0, 0.05) is 35.4 Å². The largest absolute Gasteiger partial charge is 0.479 e. The number of anilines is 1. The zero-order valence-electron chi connectivity index (χ0n) is 36.6. The molecule has 4 aliphatic heterocycles. The molecule has 2 aromatic heterocycles. The van der Waals surface area contributed by atoms with Crippen molar-refractivity contribution in [2.45, 2.75) is 76.0 Å². The summed E-state index contributed by atoms with van der Waals surface area (Å²) in [5.74, 6) is -2.89. The van der Waals surface area contributed by atoms with Gasteiger partial charge in [0.1, 0.15) is 53.8 Å².